The first-order chi connectivity index (χ1) is 15.0. The highest BCUT2D eigenvalue weighted by molar-refractivity contribution is 6.13. The van der Waals surface area contributed by atoms with Crippen LogP contribution in [-0.2, 0) is 11.2 Å². The molecule has 0 radical (unpaired) electrons. The lowest BCUT2D eigenvalue weighted by Gasteiger charge is -2.25. The van der Waals surface area contributed by atoms with E-state index in [0.717, 1.165) is 40.8 Å². The van der Waals surface area contributed by atoms with Gasteiger partial charge in [0.2, 0.25) is 5.71 Å². The molecule has 0 fully saturated rings. The van der Waals surface area contributed by atoms with Gasteiger partial charge in [0.15, 0.2) is 18.3 Å². The molecule has 166 valence electrons. The van der Waals surface area contributed by atoms with Gasteiger partial charge in [0, 0.05) is 23.4 Å². The molecule has 1 atom stereocenters. The van der Waals surface area contributed by atoms with Crippen molar-refractivity contribution in [2.24, 2.45) is 0 Å². The second-order valence-electron chi connectivity index (χ2n) is 8.80. The van der Waals surface area contributed by atoms with E-state index in [1.807, 2.05) is 31.2 Å². The van der Waals surface area contributed by atoms with Crippen LogP contribution in [0.25, 0.3) is 17.0 Å². The van der Waals surface area contributed by atoms with E-state index in [-0.39, 0.29) is 29.4 Å². The smallest absolute Gasteiger partial charge is 0.328 e. The molecule has 7 heteroatoms. The summed E-state index contributed by atoms with van der Waals surface area (Å²) in [4.78, 5) is 14.1. The Morgan fingerprint density at radius 1 is 1.25 bits per heavy atom. The number of benzene rings is 2. The Hall–Kier alpha value is -3.35. The molecule has 0 aliphatic carbocycles. The van der Waals surface area contributed by atoms with Gasteiger partial charge >= 0.3 is 5.97 Å². The number of carbonyl (C=O) groups is 1. The highest BCUT2D eigenvalue weighted by Crippen LogP contribution is 2.32. The number of aromatic amines is 1. The van der Waals surface area contributed by atoms with Gasteiger partial charge in [-0.25, -0.2) is 22.5 Å². The molecule has 0 saturated carbocycles. The topological polar surface area (TPSA) is 56.1 Å². The molecule has 3 aromatic rings. The second-order valence-corrected chi connectivity index (χ2v) is 8.80. The van der Waals surface area contributed by atoms with Crippen LogP contribution in [0.1, 0.15) is 43.2 Å². The lowest BCUT2D eigenvalue weighted by atomic mass is 9.91. The predicted molar refractivity (Wildman–Crippen MR) is 118 cm³/mol. The minimum absolute atomic E-state index is 0.0438. The van der Waals surface area contributed by atoms with Gasteiger partial charge in [0.05, 0.1) is 0 Å². The molecule has 2 N–H and O–H groups in total. The van der Waals surface area contributed by atoms with Crippen molar-refractivity contribution in [3.8, 4) is 0 Å². The number of hydrogen-bond donors (Lipinski definition) is 2. The number of aromatic nitrogens is 1. The molecule has 0 unspecified atom stereocenters. The van der Waals surface area contributed by atoms with E-state index < -0.39 is 23.3 Å². The number of aliphatic carboxylic acids is 1. The van der Waals surface area contributed by atoms with Crippen molar-refractivity contribution in [1.29, 1.82) is 0 Å². The van der Waals surface area contributed by atoms with Gasteiger partial charge in [0.25, 0.3) is 0 Å². The Morgan fingerprint density at radius 2 is 1.91 bits per heavy atom. The highest BCUT2D eigenvalue weighted by Gasteiger charge is 2.40. The second kappa shape index (κ2) is 7.97. The maximum Gasteiger partial charge on any atom is 0.328 e. The minimum atomic E-state index is -1.60. The molecule has 0 amide bonds. The van der Waals surface area contributed by atoms with Gasteiger partial charge in [-0.05, 0) is 56.2 Å². The maximum absolute atomic E-state index is 15.3. The summed E-state index contributed by atoms with van der Waals surface area (Å²) in [6.45, 7) is 4.74. The van der Waals surface area contributed by atoms with E-state index in [9.17, 15) is 9.18 Å². The number of carboxylic acids is 1. The van der Waals surface area contributed by atoms with E-state index >= 15 is 8.78 Å². The third kappa shape index (κ3) is 4.07. The van der Waals surface area contributed by atoms with Gasteiger partial charge in [-0.3, -0.25) is 0 Å². The largest absolute Gasteiger partial charge is 0.478 e. The van der Waals surface area contributed by atoms with Crippen molar-refractivity contribution < 1.29 is 27.6 Å². The van der Waals surface area contributed by atoms with Crippen LogP contribution in [0.2, 0.25) is 0 Å². The molecule has 0 bridgehead atoms. The average Bonchev–Trinajstić information content (AvgIpc) is 3.05. The molecule has 2 aromatic carbocycles. The van der Waals surface area contributed by atoms with Crippen LogP contribution in [-0.4, -0.2) is 44.6 Å². The van der Waals surface area contributed by atoms with E-state index in [0.29, 0.717) is 12.1 Å². The van der Waals surface area contributed by atoms with Gasteiger partial charge in [-0.1, -0.05) is 18.2 Å². The molecule has 1 aliphatic rings. The van der Waals surface area contributed by atoms with E-state index in [1.165, 1.54) is 13.8 Å². The van der Waals surface area contributed by atoms with Gasteiger partial charge in [-0.15, -0.1) is 0 Å². The zero-order chi connectivity index (χ0) is 23.2. The van der Waals surface area contributed by atoms with Crippen molar-refractivity contribution in [2.75, 3.05) is 6.54 Å². The molecule has 4 rings (SSSR count). The van der Waals surface area contributed by atoms with E-state index in [4.69, 9.17) is 5.11 Å². The zero-order valence-electron chi connectivity index (χ0n) is 18.0. The standard InChI is InChI=1S/C25H23F3N2O2/c1-14-10-17-16-6-4-5-7-20(16)29-23(17)24(30(14)13-25(2,3)28)22-18(26)11-15(12-19(22)27)8-9-21(31)32/h4-9,11-12,14H,10,13H2,1-3H3,(H,31,32)/p+1/b9-8+/t14-/m1/s1. The molecule has 1 aliphatic heterocycles. The minimum Gasteiger partial charge on any atom is -0.478 e. The lowest BCUT2D eigenvalue weighted by molar-refractivity contribution is -0.574. The Bertz CT molecular complexity index is 1260. The first-order valence-corrected chi connectivity index (χ1v) is 10.4. The molecule has 2 heterocycles. The van der Waals surface area contributed by atoms with Crippen LogP contribution < -0.4 is 0 Å². The third-order valence-electron chi connectivity index (χ3n) is 5.64. The number of hydrogen-bond acceptors (Lipinski definition) is 1. The van der Waals surface area contributed by atoms with E-state index in [1.54, 1.807) is 4.58 Å². The first-order valence-electron chi connectivity index (χ1n) is 10.4. The lowest BCUT2D eigenvalue weighted by Crippen LogP contribution is -2.43. The van der Waals surface area contributed by atoms with Crippen LogP contribution in [0.3, 0.4) is 0 Å². The molecular formula is C25H24F3N2O2+. The summed E-state index contributed by atoms with van der Waals surface area (Å²) in [6, 6.07) is 9.61. The normalized spacial score (nSPS) is 16.8. The quantitative estimate of drug-likeness (QED) is 0.428. The van der Waals surface area contributed by atoms with Crippen LogP contribution in [0.4, 0.5) is 13.2 Å². The maximum atomic E-state index is 15.3. The molecule has 0 spiro atoms. The molecule has 32 heavy (non-hydrogen) atoms. The summed E-state index contributed by atoms with van der Waals surface area (Å²) in [5.74, 6) is -2.90. The Kier molecular flexibility index (Phi) is 5.44. The predicted octanol–water partition coefficient (Wildman–Crippen LogP) is 5.09. The third-order valence-corrected chi connectivity index (χ3v) is 5.64. The number of H-pyrrole nitrogens is 1. The van der Waals surface area contributed by atoms with Crippen molar-refractivity contribution in [2.45, 2.75) is 38.9 Å². The number of rotatable bonds is 5. The van der Waals surface area contributed by atoms with Crippen LogP contribution in [0.5, 0.6) is 0 Å². The van der Waals surface area contributed by atoms with Crippen LogP contribution in [0.15, 0.2) is 42.5 Å². The fraction of sp³-hybridized carbons (Fsp3) is 0.280. The monoisotopic (exact) mass is 441 g/mol. The summed E-state index contributed by atoms with van der Waals surface area (Å²) < 4.78 is 47.1. The van der Waals surface area contributed by atoms with Crippen molar-refractivity contribution >= 4 is 28.7 Å². The zero-order valence-corrected chi connectivity index (χ0v) is 18.0. The SMILES string of the molecule is C[C@@H]1Cc2c([nH]c3ccccc23)C(c2c(F)cc(/C=C/C(=O)O)cc2F)=[N+]1CC(C)(C)F. The summed E-state index contributed by atoms with van der Waals surface area (Å²) >= 11 is 0. The van der Waals surface area contributed by atoms with Crippen molar-refractivity contribution in [3.63, 3.8) is 0 Å². The van der Waals surface area contributed by atoms with Gasteiger partial charge in [0.1, 0.15) is 22.9 Å². The average molecular weight is 441 g/mol. The number of alkyl halides is 1. The number of carboxylic acid groups (broad SMARTS) is 1. The number of para-hydroxylation sites is 1. The van der Waals surface area contributed by atoms with Crippen molar-refractivity contribution in [3.05, 3.63) is 76.5 Å². The van der Waals surface area contributed by atoms with Crippen LogP contribution in [0, 0.1) is 11.6 Å². The number of nitrogens with zero attached hydrogens (tertiary/aromatic N) is 1. The highest BCUT2D eigenvalue weighted by atomic mass is 19.1. The fourth-order valence-corrected chi connectivity index (χ4v) is 4.38. The molecule has 0 saturated heterocycles. The summed E-state index contributed by atoms with van der Waals surface area (Å²) in [6.07, 6.45) is 2.54. The molecule has 4 nitrogen and oxygen atoms in total. The Morgan fingerprint density at radius 3 is 2.53 bits per heavy atom. The molecule has 1 aromatic heterocycles. The van der Waals surface area contributed by atoms with Gasteiger partial charge < -0.3 is 10.1 Å². The van der Waals surface area contributed by atoms with Crippen LogP contribution >= 0.6 is 0 Å². The number of fused-ring (bicyclic) bond motifs is 3. The van der Waals surface area contributed by atoms with Crippen molar-refractivity contribution in [1.82, 2.24) is 4.98 Å². The summed E-state index contributed by atoms with van der Waals surface area (Å²) in [5.41, 5.74) is 0.839. The molecular weight excluding hydrogens is 417 g/mol. The first kappa shape index (κ1) is 21.9. The van der Waals surface area contributed by atoms with E-state index in [2.05, 4.69) is 4.98 Å². The summed E-state index contributed by atoms with van der Waals surface area (Å²) in [5, 5.41) is 9.76. The Labute approximate surface area is 183 Å². The number of nitrogens with one attached hydrogen (secondary N) is 1. The fourth-order valence-electron chi connectivity index (χ4n) is 4.38. The summed E-state index contributed by atoms with van der Waals surface area (Å²) in [7, 11) is 0. The Balaban J connectivity index is 2.00. The number of halogens is 3. The van der Waals surface area contributed by atoms with Gasteiger partial charge in [-0.2, -0.15) is 0 Å².